The Morgan fingerprint density at radius 3 is 3.00 bits per heavy atom. The van der Waals surface area contributed by atoms with Crippen LogP contribution in [0.3, 0.4) is 0 Å². The SMILES string of the molecule is CCNC(C)c1cc(F)ccc1N1CCSCC1C. The van der Waals surface area contributed by atoms with Crippen LogP contribution < -0.4 is 10.2 Å². The molecule has 1 aliphatic heterocycles. The number of rotatable bonds is 4. The van der Waals surface area contributed by atoms with Gasteiger partial charge in [-0.25, -0.2) is 4.39 Å². The molecule has 2 unspecified atom stereocenters. The van der Waals surface area contributed by atoms with Gasteiger partial charge in [0.1, 0.15) is 5.82 Å². The van der Waals surface area contributed by atoms with Crippen molar-refractivity contribution >= 4 is 17.4 Å². The van der Waals surface area contributed by atoms with Crippen molar-refractivity contribution in [3.63, 3.8) is 0 Å². The molecule has 106 valence electrons. The quantitative estimate of drug-likeness (QED) is 0.911. The van der Waals surface area contributed by atoms with E-state index in [4.69, 9.17) is 0 Å². The lowest BCUT2D eigenvalue weighted by Crippen LogP contribution is -2.41. The van der Waals surface area contributed by atoms with E-state index in [-0.39, 0.29) is 11.9 Å². The zero-order valence-electron chi connectivity index (χ0n) is 11.9. The summed E-state index contributed by atoms with van der Waals surface area (Å²) in [4.78, 5) is 2.42. The molecule has 0 bridgehead atoms. The molecule has 0 spiro atoms. The van der Waals surface area contributed by atoms with Crippen LogP contribution in [0, 0.1) is 5.82 Å². The van der Waals surface area contributed by atoms with Gasteiger partial charge in [0.15, 0.2) is 0 Å². The van der Waals surface area contributed by atoms with E-state index in [0.717, 1.165) is 30.2 Å². The average Bonchev–Trinajstić information content (AvgIpc) is 2.40. The zero-order valence-corrected chi connectivity index (χ0v) is 12.8. The highest BCUT2D eigenvalue weighted by Crippen LogP contribution is 2.31. The summed E-state index contributed by atoms with van der Waals surface area (Å²) in [6, 6.07) is 5.88. The second-order valence-corrected chi connectivity index (χ2v) is 6.25. The van der Waals surface area contributed by atoms with Gasteiger partial charge in [0.05, 0.1) is 0 Å². The molecule has 2 atom stereocenters. The van der Waals surface area contributed by atoms with Gasteiger partial charge in [-0.05, 0) is 44.2 Å². The molecule has 2 rings (SSSR count). The number of nitrogens with one attached hydrogen (secondary N) is 1. The van der Waals surface area contributed by atoms with Crippen LogP contribution in [0.5, 0.6) is 0 Å². The first kappa shape index (κ1) is 14.7. The summed E-state index contributed by atoms with van der Waals surface area (Å²) in [7, 11) is 0. The van der Waals surface area contributed by atoms with E-state index in [1.165, 1.54) is 5.69 Å². The van der Waals surface area contributed by atoms with Gasteiger partial charge in [-0.1, -0.05) is 6.92 Å². The fourth-order valence-corrected chi connectivity index (χ4v) is 3.65. The van der Waals surface area contributed by atoms with Crippen LogP contribution in [0.1, 0.15) is 32.4 Å². The van der Waals surface area contributed by atoms with Crippen molar-refractivity contribution in [2.24, 2.45) is 0 Å². The van der Waals surface area contributed by atoms with Crippen LogP contribution in [-0.4, -0.2) is 30.6 Å². The van der Waals surface area contributed by atoms with Gasteiger partial charge in [0, 0.05) is 35.8 Å². The van der Waals surface area contributed by atoms with Gasteiger partial charge in [-0.15, -0.1) is 0 Å². The molecule has 0 saturated carbocycles. The van der Waals surface area contributed by atoms with E-state index in [9.17, 15) is 4.39 Å². The molecule has 1 fully saturated rings. The number of thioether (sulfide) groups is 1. The molecule has 1 heterocycles. The second kappa shape index (κ2) is 6.62. The highest BCUT2D eigenvalue weighted by atomic mass is 32.2. The maximum absolute atomic E-state index is 13.6. The minimum absolute atomic E-state index is 0.150. The molecular formula is C15H23FN2S. The summed E-state index contributed by atoms with van der Waals surface area (Å²) in [5.74, 6) is 2.14. The molecule has 1 aromatic carbocycles. The first-order valence-electron chi connectivity index (χ1n) is 7.00. The van der Waals surface area contributed by atoms with Crippen molar-refractivity contribution in [2.45, 2.75) is 32.9 Å². The number of hydrogen-bond acceptors (Lipinski definition) is 3. The lowest BCUT2D eigenvalue weighted by molar-refractivity contribution is 0.577. The summed E-state index contributed by atoms with van der Waals surface area (Å²) in [6.07, 6.45) is 0. The van der Waals surface area contributed by atoms with Crippen LogP contribution in [0.4, 0.5) is 10.1 Å². The molecule has 1 aromatic rings. The molecular weight excluding hydrogens is 259 g/mol. The van der Waals surface area contributed by atoms with E-state index < -0.39 is 0 Å². The van der Waals surface area contributed by atoms with E-state index >= 15 is 0 Å². The van der Waals surface area contributed by atoms with Crippen molar-refractivity contribution in [3.05, 3.63) is 29.6 Å². The highest BCUT2D eigenvalue weighted by molar-refractivity contribution is 7.99. The van der Waals surface area contributed by atoms with E-state index in [0.29, 0.717) is 6.04 Å². The Morgan fingerprint density at radius 2 is 2.32 bits per heavy atom. The molecule has 1 saturated heterocycles. The topological polar surface area (TPSA) is 15.3 Å². The Morgan fingerprint density at radius 1 is 1.53 bits per heavy atom. The Balaban J connectivity index is 2.32. The van der Waals surface area contributed by atoms with Crippen LogP contribution in [-0.2, 0) is 0 Å². The molecule has 0 aromatic heterocycles. The second-order valence-electron chi connectivity index (χ2n) is 5.10. The monoisotopic (exact) mass is 282 g/mol. The fraction of sp³-hybridized carbons (Fsp3) is 0.600. The zero-order chi connectivity index (χ0) is 13.8. The van der Waals surface area contributed by atoms with E-state index in [2.05, 4.69) is 31.0 Å². The number of hydrogen-bond donors (Lipinski definition) is 1. The van der Waals surface area contributed by atoms with Crippen LogP contribution in [0.2, 0.25) is 0 Å². The van der Waals surface area contributed by atoms with Crippen LogP contribution in [0.15, 0.2) is 18.2 Å². The Hall–Kier alpha value is -0.740. The number of anilines is 1. The fourth-order valence-electron chi connectivity index (χ4n) is 2.63. The predicted molar refractivity (Wildman–Crippen MR) is 82.6 cm³/mol. The summed E-state index contributed by atoms with van der Waals surface area (Å²) in [5.41, 5.74) is 2.25. The third-order valence-corrected chi connectivity index (χ3v) is 4.83. The number of halogens is 1. The van der Waals surface area contributed by atoms with Crippen molar-refractivity contribution in [3.8, 4) is 0 Å². The predicted octanol–water partition coefficient (Wildman–Crippen LogP) is 3.44. The average molecular weight is 282 g/mol. The smallest absolute Gasteiger partial charge is 0.123 e. The molecule has 1 N–H and O–H groups in total. The minimum atomic E-state index is -0.150. The summed E-state index contributed by atoms with van der Waals surface area (Å²) < 4.78 is 13.6. The number of benzene rings is 1. The van der Waals surface area contributed by atoms with Crippen LogP contribution >= 0.6 is 11.8 Å². The molecule has 4 heteroatoms. The molecule has 0 amide bonds. The summed E-state index contributed by atoms with van der Waals surface area (Å²) >= 11 is 2.00. The largest absolute Gasteiger partial charge is 0.367 e. The standard InChI is InChI=1S/C15H23FN2S/c1-4-17-12(3)14-9-13(16)5-6-15(14)18-7-8-19-10-11(18)2/h5-6,9,11-12,17H,4,7-8,10H2,1-3H3. The van der Waals surface area contributed by atoms with Crippen LogP contribution in [0.25, 0.3) is 0 Å². The lowest BCUT2D eigenvalue weighted by Gasteiger charge is -2.37. The Bertz CT molecular complexity index is 425. The summed E-state index contributed by atoms with van der Waals surface area (Å²) in [6.45, 7) is 8.36. The molecule has 2 nitrogen and oxygen atoms in total. The Kier molecular flexibility index (Phi) is 5.11. The third-order valence-electron chi connectivity index (χ3n) is 3.64. The van der Waals surface area contributed by atoms with Gasteiger partial charge in [0.25, 0.3) is 0 Å². The third kappa shape index (κ3) is 3.42. The molecule has 0 aliphatic carbocycles. The van der Waals surface area contributed by atoms with Gasteiger partial charge in [-0.3, -0.25) is 0 Å². The van der Waals surface area contributed by atoms with Gasteiger partial charge in [0.2, 0.25) is 0 Å². The molecule has 19 heavy (non-hydrogen) atoms. The maximum Gasteiger partial charge on any atom is 0.123 e. The van der Waals surface area contributed by atoms with E-state index in [1.54, 1.807) is 12.1 Å². The first-order valence-corrected chi connectivity index (χ1v) is 8.16. The lowest BCUT2D eigenvalue weighted by atomic mass is 10.0. The molecule has 0 radical (unpaired) electrons. The van der Waals surface area contributed by atoms with Crippen molar-refractivity contribution in [2.75, 3.05) is 29.5 Å². The number of nitrogens with zero attached hydrogens (tertiary/aromatic N) is 1. The van der Waals surface area contributed by atoms with E-state index in [1.807, 2.05) is 17.8 Å². The van der Waals surface area contributed by atoms with Gasteiger partial charge >= 0.3 is 0 Å². The summed E-state index contributed by atoms with van der Waals surface area (Å²) in [5, 5.41) is 3.38. The molecule has 1 aliphatic rings. The maximum atomic E-state index is 13.6. The normalized spacial score (nSPS) is 21.5. The van der Waals surface area contributed by atoms with Gasteiger partial charge < -0.3 is 10.2 Å². The van der Waals surface area contributed by atoms with Gasteiger partial charge in [-0.2, -0.15) is 11.8 Å². The highest BCUT2D eigenvalue weighted by Gasteiger charge is 2.23. The Labute approximate surface area is 119 Å². The van der Waals surface area contributed by atoms with Crippen molar-refractivity contribution < 1.29 is 4.39 Å². The van der Waals surface area contributed by atoms with Crippen molar-refractivity contribution in [1.82, 2.24) is 5.32 Å². The minimum Gasteiger partial charge on any atom is -0.367 e. The van der Waals surface area contributed by atoms with Crippen molar-refractivity contribution in [1.29, 1.82) is 0 Å². The first-order chi connectivity index (χ1) is 9.13.